The normalized spacial score (nSPS) is 11.4. The standard InChI is InChI=1S/C22H14ClN3O2S/c1-13-6-7-16(9-18(13)23)25-11-15(10-24)21-26-19(12-29-21)17-8-14-4-2-3-5-20(14)28-22(17)27/h2-9,11-12,25H,1H3/b15-11+. The number of nitrogens with zero attached hydrogens (tertiary/aromatic N) is 2. The van der Waals surface area contributed by atoms with Gasteiger partial charge in [-0.25, -0.2) is 9.78 Å². The molecule has 0 radical (unpaired) electrons. The largest absolute Gasteiger partial charge is 0.422 e. The fraction of sp³-hybridized carbons (Fsp3) is 0.0455. The Morgan fingerprint density at radius 1 is 1.28 bits per heavy atom. The minimum absolute atomic E-state index is 0.350. The van der Waals surface area contributed by atoms with Gasteiger partial charge in [-0.2, -0.15) is 5.26 Å². The van der Waals surface area contributed by atoms with Gasteiger partial charge >= 0.3 is 5.63 Å². The van der Waals surface area contributed by atoms with Gasteiger partial charge in [-0.05, 0) is 36.8 Å². The fourth-order valence-electron chi connectivity index (χ4n) is 2.74. The van der Waals surface area contributed by atoms with Crippen LogP contribution in [0.3, 0.4) is 0 Å². The molecule has 0 aliphatic rings. The van der Waals surface area contributed by atoms with Gasteiger partial charge in [0.1, 0.15) is 22.2 Å². The number of anilines is 1. The summed E-state index contributed by atoms with van der Waals surface area (Å²) < 4.78 is 5.37. The number of nitriles is 1. The van der Waals surface area contributed by atoms with Crippen LogP contribution in [0.5, 0.6) is 0 Å². The number of benzene rings is 2. The lowest BCUT2D eigenvalue weighted by Gasteiger charge is -2.04. The molecule has 1 N–H and O–H groups in total. The quantitative estimate of drug-likeness (QED) is 0.331. The smallest absolute Gasteiger partial charge is 0.345 e. The molecule has 0 atom stereocenters. The summed E-state index contributed by atoms with van der Waals surface area (Å²) in [5.74, 6) is 0. The third-order valence-electron chi connectivity index (χ3n) is 4.33. The molecule has 0 saturated carbocycles. The predicted octanol–water partition coefficient (Wildman–Crippen LogP) is 5.85. The second kappa shape index (κ2) is 7.92. The van der Waals surface area contributed by atoms with Crippen LogP contribution in [0.1, 0.15) is 10.6 Å². The van der Waals surface area contributed by atoms with Gasteiger partial charge in [0.25, 0.3) is 0 Å². The number of aromatic nitrogens is 1. The summed E-state index contributed by atoms with van der Waals surface area (Å²) in [5, 5.41) is 16.3. The highest BCUT2D eigenvalue weighted by atomic mass is 35.5. The predicted molar refractivity (Wildman–Crippen MR) is 117 cm³/mol. The molecule has 0 unspecified atom stereocenters. The van der Waals surface area contributed by atoms with E-state index in [9.17, 15) is 10.1 Å². The molecule has 2 aromatic carbocycles. The Labute approximate surface area is 175 Å². The number of halogens is 1. The molecule has 4 aromatic rings. The van der Waals surface area contributed by atoms with Gasteiger partial charge in [0.2, 0.25) is 0 Å². The van der Waals surface area contributed by atoms with Gasteiger partial charge in [-0.15, -0.1) is 11.3 Å². The van der Waals surface area contributed by atoms with Crippen molar-refractivity contribution in [3.8, 4) is 17.3 Å². The molecule has 2 heterocycles. The van der Waals surface area contributed by atoms with Gasteiger partial charge in [-0.1, -0.05) is 35.9 Å². The number of para-hydroxylation sites is 1. The van der Waals surface area contributed by atoms with E-state index in [1.54, 1.807) is 29.8 Å². The summed E-state index contributed by atoms with van der Waals surface area (Å²) in [7, 11) is 0. The summed E-state index contributed by atoms with van der Waals surface area (Å²) in [6, 6.07) is 16.7. The number of hydrogen-bond donors (Lipinski definition) is 1. The molecular weight excluding hydrogens is 406 g/mol. The summed E-state index contributed by atoms with van der Waals surface area (Å²) in [4.78, 5) is 16.8. The van der Waals surface area contributed by atoms with Crippen molar-refractivity contribution in [1.29, 1.82) is 5.26 Å². The average molecular weight is 420 g/mol. The van der Waals surface area contributed by atoms with Crippen LogP contribution in [-0.2, 0) is 0 Å². The number of rotatable bonds is 4. The second-order valence-electron chi connectivity index (χ2n) is 6.30. The lowest BCUT2D eigenvalue weighted by atomic mass is 10.1. The SMILES string of the molecule is Cc1ccc(N/C=C(\C#N)c2nc(-c3cc4ccccc4oc3=O)cs2)cc1Cl. The van der Waals surface area contributed by atoms with Gasteiger partial charge in [-0.3, -0.25) is 0 Å². The monoisotopic (exact) mass is 419 g/mol. The zero-order valence-corrected chi connectivity index (χ0v) is 16.8. The van der Waals surface area contributed by atoms with Gasteiger partial charge in [0.05, 0.1) is 11.3 Å². The van der Waals surface area contributed by atoms with E-state index in [0.717, 1.165) is 16.6 Å². The molecular formula is C22H14ClN3O2S. The van der Waals surface area contributed by atoms with Crippen LogP contribution in [0.4, 0.5) is 5.69 Å². The molecule has 142 valence electrons. The molecule has 2 aromatic heterocycles. The number of fused-ring (bicyclic) bond motifs is 1. The Morgan fingerprint density at radius 3 is 2.90 bits per heavy atom. The number of hydrogen-bond acceptors (Lipinski definition) is 6. The van der Waals surface area contributed by atoms with Crippen molar-refractivity contribution in [3.63, 3.8) is 0 Å². The molecule has 7 heteroatoms. The Morgan fingerprint density at radius 2 is 2.10 bits per heavy atom. The summed E-state index contributed by atoms with van der Waals surface area (Å²) in [5.41, 5.74) is 2.99. The minimum Gasteiger partial charge on any atom is -0.422 e. The van der Waals surface area contributed by atoms with E-state index in [4.69, 9.17) is 16.0 Å². The maximum absolute atomic E-state index is 12.3. The number of thiazole rings is 1. The lowest BCUT2D eigenvalue weighted by molar-refractivity contribution is 0.563. The van der Waals surface area contributed by atoms with E-state index < -0.39 is 5.63 Å². The number of nitrogens with one attached hydrogen (secondary N) is 1. The molecule has 4 rings (SSSR count). The Balaban J connectivity index is 1.65. The van der Waals surface area contributed by atoms with E-state index in [2.05, 4.69) is 16.4 Å². The van der Waals surface area contributed by atoms with Crippen molar-refractivity contribution in [2.75, 3.05) is 5.32 Å². The first kappa shape index (κ1) is 18.9. The molecule has 0 amide bonds. The summed E-state index contributed by atoms with van der Waals surface area (Å²) in [6.07, 6.45) is 1.58. The van der Waals surface area contributed by atoms with Crippen LogP contribution < -0.4 is 10.9 Å². The van der Waals surface area contributed by atoms with Crippen molar-refractivity contribution >= 4 is 45.2 Å². The van der Waals surface area contributed by atoms with Gasteiger partial charge < -0.3 is 9.73 Å². The van der Waals surface area contributed by atoms with Crippen molar-refractivity contribution in [2.24, 2.45) is 0 Å². The maximum Gasteiger partial charge on any atom is 0.345 e. The van der Waals surface area contributed by atoms with Gasteiger partial charge in [0.15, 0.2) is 0 Å². The molecule has 0 bridgehead atoms. The van der Waals surface area contributed by atoms with E-state index >= 15 is 0 Å². The molecule has 29 heavy (non-hydrogen) atoms. The topological polar surface area (TPSA) is 78.9 Å². The highest BCUT2D eigenvalue weighted by Crippen LogP contribution is 2.27. The Bertz CT molecular complexity index is 1350. The van der Waals surface area contributed by atoms with Crippen LogP contribution in [0.2, 0.25) is 5.02 Å². The number of aryl methyl sites for hydroxylation is 1. The molecule has 0 spiro atoms. The van der Waals surface area contributed by atoms with E-state index in [1.807, 2.05) is 37.3 Å². The average Bonchev–Trinajstić information content (AvgIpc) is 3.20. The second-order valence-corrected chi connectivity index (χ2v) is 7.57. The van der Waals surface area contributed by atoms with Crippen LogP contribution in [0, 0.1) is 18.3 Å². The van der Waals surface area contributed by atoms with Gasteiger partial charge in [0, 0.05) is 27.7 Å². The van der Waals surface area contributed by atoms with Crippen molar-refractivity contribution in [3.05, 3.63) is 86.1 Å². The summed E-state index contributed by atoms with van der Waals surface area (Å²) in [6.45, 7) is 1.92. The van der Waals surface area contributed by atoms with E-state index in [0.29, 0.717) is 32.4 Å². The first-order chi connectivity index (χ1) is 14.0. The highest BCUT2D eigenvalue weighted by Gasteiger charge is 2.13. The van der Waals surface area contributed by atoms with Crippen molar-refractivity contribution in [1.82, 2.24) is 4.98 Å². The van der Waals surface area contributed by atoms with Crippen LogP contribution >= 0.6 is 22.9 Å². The first-order valence-corrected chi connectivity index (χ1v) is 9.93. The highest BCUT2D eigenvalue weighted by molar-refractivity contribution is 7.11. The molecule has 0 saturated heterocycles. The van der Waals surface area contributed by atoms with Crippen LogP contribution in [-0.4, -0.2) is 4.98 Å². The maximum atomic E-state index is 12.3. The number of allylic oxidation sites excluding steroid dienone is 1. The van der Waals surface area contributed by atoms with Crippen LogP contribution in [0.25, 0.3) is 27.8 Å². The van der Waals surface area contributed by atoms with E-state index in [-0.39, 0.29) is 0 Å². The van der Waals surface area contributed by atoms with Crippen molar-refractivity contribution in [2.45, 2.75) is 6.92 Å². The van der Waals surface area contributed by atoms with E-state index in [1.165, 1.54) is 11.3 Å². The first-order valence-electron chi connectivity index (χ1n) is 8.67. The third-order valence-corrected chi connectivity index (χ3v) is 5.61. The molecule has 0 aliphatic carbocycles. The molecule has 0 fully saturated rings. The third kappa shape index (κ3) is 3.92. The summed E-state index contributed by atoms with van der Waals surface area (Å²) >= 11 is 7.42. The zero-order valence-electron chi connectivity index (χ0n) is 15.3. The fourth-order valence-corrected chi connectivity index (χ4v) is 3.71. The zero-order chi connectivity index (χ0) is 20.4. The Kier molecular flexibility index (Phi) is 5.17. The van der Waals surface area contributed by atoms with Crippen molar-refractivity contribution < 1.29 is 4.42 Å². The molecule has 0 aliphatic heterocycles. The molecule has 5 nitrogen and oxygen atoms in total. The Hall–Kier alpha value is -3.40. The lowest BCUT2D eigenvalue weighted by Crippen LogP contribution is -2.02. The van der Waals surface area contributed by atoms with Crippen LogP contribution in [0.15, 0.2) is 69.3 Å². The minimum atomic E-state index is -0.463.